The molecule has 4 rings (SSSR count). The van der Waals surface area contributed by atoms with Crippen LogP contribution < -0.4 is 14.2 Å². The molecule has 6 heteroatoms. The van der Waals surface area contributed by atoms with Crippen molar-refractivity contribution in [3.8, 4) is 17.2 Å². The molecule has 0 N–H and O–H groups in total. The van der Waals surface area contributed by atoms with E-state index in [1.165, 1.54) is 14.2 Å². The number of methoxy groups -OCH3 is 2. The number of carbonyl (C=O) groups excluding carboxylic acids is 2. The van der Waals surface area contributed by atoms with Gasteiger partial charge in [-0.1, -0.05) is 18.2 Å². The predicted octanol–water partition coefficient (Wildman–Crippen LogP) is 3.34. The van der Waals surface area contributed by atoms with Gasteiger partial charge < -0.3 is 19.1 Å². The van der Waals surface area contributed by atoms with E-state index in [0.717, 1.165) is 0 Å². The first-order valence-electron chi connectivity index (χ1n) is 9.38. The highest BCUT2D eigenvalue weighted by atomic mass is 16.5. The zero-order valence-electron chi connectivity index (χ0n) is 16.1. The Hall–Kier alpha value is -3.02. The number of fused-ring (bicyclic) bond motifs is 1. The fraction of sp³-hybridized carbons (Fsp3) is 0.364. The first kappa shape index (κ1) is 18.3. The topological polar surface area (TPSA) is 65.1 Å². The maximum atomic E-state index is 13.2. The van der Waals surface area contributed by atoms with Crippen molar-refractivity contribution < 1.29 is 23.8 Å². The van der Waals surface area contributed by atoms with Crippen LogP contribution in [0.5, 0.6) is 17.2 Å². The molecule has 0 saturated carbocycles. The quantitative estimate of drug-likeness (QED) is 0.816. The van der Waals surface area contributed by atoms with Crippen LogP contribution in [-0.4, -0.2) is 49.5 Å². The van der Waals surface area contributed by atoms with Crippen molar-refractivity contribution in [2.75, 3.05) is 27.3 Å². The van der Waals surface area contributed by atoms with Crippen LogP contribution in [0.2, 0.25) is 0 Å². The summed E-state index contributed by atoms with van der Waals surface area (Å²) in [5.74, 6) is 1.59. The van der Waals surface area contributed by atoms with E-state index in [1.54, 1.807) is 29.2 Å². The summed E-state index contributed by atoms with van der Waals surface area (Å²) in [5, 5.41) is 0. The average molecular weight is 381 g/mol. The second-order valence-corrected chi connectivity index (χ2v) is 7.21. The highest BCUT2D eigenvalue weighted by molar-refractivity contribution is 6.01. The molecule has 0 atom stereocenters. The molecular weight excluding hydrogens is 358 g/mol. The van der Waals surface area contributed by atoms with Crippen LogP contribution in [0.3, 0.4) is 0 Å². The number of Topliss-reactive ketones (excluding diaryl/α,β-unsaturated/α-hetero) is 1. The molecule has 2 aliphatic heterocycles. The van der Waals surface area contributed by atoms with Gasteiger partial charge in [-0.3, -0.25) is 9.59 Å². The zero-order chi connectivity index (χ0) is 19.7. The Morgan fingerprint density at radius 1 is 1.00 bits per heavy atom. The van der Waals surface area contributed by atoms with Gasteiger partial charge in [0, 0.05) is 25.9 Å². The Kier molecular flexibility index (Phi) is 4.71. The molecular formula is C22H23NO5. The molecule has 0 aliphatic carbocycles. The molecule has 1 amide bonds. The number of hydrogen-bond acceptors (Lipinski definition) is 5. The highest BCUT2D eigenvalue weighted by Crippen LogP contribution is 2.40. The van der Waals surface area contributed by atoms with Gasteiger partial charge in [-0.25, -0.2) is 0 Å². The summed E-state index contributed by atoms with van der Waals surface area (Å²) < 4.78 is 17.0. The molecule has 2 heterocycles. The molecule has 1 spiro atoms. The predicted molar refractivity (Wildman–Crippen MR) is 103 cm³/mol. The van der Waals surface area contributed by atoms with Crippen molar-refractivity contribution in [2.45, 2.75) is 24.9 Å². The number of para-hydroxylation sites is 1. The van der Waals surface area contributed by atoms with Gasteiger partial charge in [0.2, 0.25) is 0 Å². The number of hydrogen-bond donors (Lipinski definition) is 0. The fourth-order valence-corrected chi connectivity index (χ4v) is 4.06. The number of rotatable bonds is 3. The van der Waals surface area contributed by atoms with E-state index in [0.29, 0.717) is 60.7 Å². The molecule has 0 radical (unpaired) electrons. The van der Waals surface area contributed by atoms with E-state index < -0.39 is 5.60 Å². The third-order valence-corrected chi connectivity index (χ3v) is 5.60. The minimum atomic E-state index is -0.535. The first-order valence-corrected chi connectivity index (χ1v) is 9.38. The highest BCUT2D eigenvalue weighted by Gasteiger charge is 2.44. The summed E-state index contributed by atoms with van der Waals surface area (Å²) in [4.78, 5) is 27.5. The van der Waals surface area contributed by atoms with E-state index in [9.17, 15) is 9.59 Å². The number of carbonyl (C=O) groups is 2. The van der Waals surface area contributed by atoms with Crippen molar-refractivity contribution in [1.29, 1.82) is 0 Å². The van der Waals surface area contributed by atoms with Gasteiger partial charge in [-0.2, -0.15) is 0 Å². The summed E-state index contributed by atoms with van der Waals surface area (Å²) in [5.41, 5.74) is 0.535. The van der Waals surface area contributed by atoms with Gasteiger partial charge in [0.15, 0.2) is 5.78 Å². The van der Waals surface area contributed by atoms with Crippen molar-refractivity contribution >= 4 is 11.7 Å². The normalized spacial score (nSPS) is 17.6. The molecule has 1 fully saturated rings. The number of ether oxygens (including phenoxy) is 3. The molecule has 0 aromatic heterocycles. The molecule has 0 unspecified atom stereocenters. The van der Waals surface area contributed by atoms with Crippen LogP contribution in [0.25, 0.3) is 0 Å². The van der Waals surface area contributed by atoms with Crippen molar-refractivity contribution in [3.05, 3.63) is 53.6 Å². The maximum absolute atomic E-state index is 13.2. The molecule has 0 bridgehead atoms. The standard InChI is InChI=1S/C22H23NO5/c1-26-18-8-5-9-19(27-2)20(18)21(25)23-12-10-22(11-13-23)14-16(24)15-6-3-4-7-17(15)28-22/h3-9H,10-14H2,1-2H3. The summed E-state index contributed by atoms with van der Waals surface area (Å²) >= 11 is 0. The van der Waals surface area contributed by atoms with Gasteiger partial charge in [-0.05, 0) is 24.3 Å². The van der Waals surface area contributed by atoms with Gasteiger partial charge >= 0.3 is 0 Å². The summed E-state index contributed by atoms with van der Waals surface area (Å²) in [6, 6.07) is 12.7. The van der Waals surface area contributed by atoms with Crippen molar-refractivity contribution in [3.63, 3.8) is 0 Å². The molecule has 2 aromatic carbocycles. The number of ketones is 1. The Bertz CT molecular complexity index is 893. The number of amides is 1. The van der Waals surface area contributed by atoms with Gasteiger partial charge in [0.25, 0.3) is 5.91 Å². The maximum Gasteiger partial charge on any atom is 0.261 e. The second-order valence-electron chi connectivity index (χ2n) is 7.21. The molecule has 1 saturated heterocycles. The van der Waals surface area contributed by atoms with E-state index in [2.05, 4.69) is 0 Å². The number of piperidine rings is 1. The van der Waals surface area contributed by atoms with Crippen molar-refractivity contribution in [1.82, 2.24) is 4.90 Å². The van der Waals surface area contributed by atoms with Crippen LogP contribution >= 0.6 is 0 Å². The molecule has 2 aliphatic rings. The van der Waals surface area contributed by atoms with Crippen LogP contribution in [0, 0.1) is 0 Å². The lowest BCUT2D eigenvalue weighted by Gasteiger charge is -2.44. The Labute approximate surface area is 164 Å². The summed E-state index contributed by atoms with van der Waals surface area (Å²) in [6.07, 6.45) is 1.57. The van der Waals surface area contributed by atoms with E-state index in [1.807, 2.05) is 18.2 Å². The second kappa shape index (κ2) is 7.19. The molecule has 2 aromatic rings. The number of nitrogens with zero attached hydrogens (tertiary/aromatic N) is 1. The largest absolute Gasteiger partial charge is 0.496 e. The summed E-state index contributed by atoms with van der Waals surface area (Å²) in [6.45, 7) is 1.02. The lowest BCUT2D eigenvalue weighted by molar-refractivity contribution is -0.00581. The minimum Gasteiger partial charge on any atom is -0.496 e. The fourth-order valence-electron chi connectivity index (χ4n) is 4.06. The lowest BCUT2D eigenvalue weighted by Crippen LogP contribution is -2.52. The third-order valence-electron chi connectivity index (χ3n) is 5.60. The average Bonchev–Trinajstić information content (AvgIpc) is 2.73. The molecule has 6 nitrogen and oxygen atoms in total. The van der Waals surface area contributed by atoms with E-state index >= 15 is 0 Å². The monoisotopic (exact) mass is 381 g/mol. The minimum absolute atomic E-state index is 0.105. The number of likely N-dealkylation sites (tertiary alicyclic amines) is 1. The summed E-state index contributed by atoms with van der Waals surface area (Å²) in [7, 11) is 3.07. The van der Waals surface area contributed by atoms with Crippen LogP contribution in [-0.2, 0) is 0 Å². The van der Waals surface area contributed by atoms with Gasteiger partial charge in [0.1, 0.15) is 28.4 Å². The Morgan fingerprint density at radius 3 is 2.29 bits per heavy atom. The van der Waals surface area contributed by atoms with E-state index in [4.69, 9.17) is 14.2 Å². The molecule has 28 heavy (non-hydrogen) atoms. The Morgan fingerprint density at radius 2 is 1.64 bits per heavy atom. The van der Waals surface area contributed by atoms with Crippen LogP contribution in [0.1, 0.15) is 40.0 Å². The van der Waals surface area contributed by atoms with Crippen molar-refractivity contribution in [2.24, 2.45) is 0 Å². The number of benzene rings is 2. The zero-order valence-corrected chi connectivity index (χ0v) is 16.1. The van der Waals surface area contributed by atoms with Gasteiger partial charge in [0.05, 0.1) is 26.2 Å². The van der Waals surface area contributed by atoms with Crippen LogP contribution in [0.15, 0.2) is 42.5 Å². The van der Waals surface area contributed by atoms with E-state index in [-0.39, 0.29) is 11.7 Å². The lowest BCUT2D eigenvalue weighted by atomic mass is 9.82. The van der Waals surface area contributed by atoms with Gasteiger partial charge in [-0.15, -0.1) is 0 Å². The molecule has 146 valence electrons. The Balaban J connectivity index is 1.53. The first-order chi connectivity index (χ1) is 13.6. The third kappa shape index (κ3) is 3.09. The SMILES string of the molecule is COc1cccc(OC)c1C(=O)N1CCC2(CC1)CC(=O)c1ccccc1O2. The smallest absolute Gasteiger partial charge is 0.261 e. The van der Waals surface area contributed by atoms with Crippen LogP contribution in [0.4, 0.5) is 0 Å².